The topological polar surface area (TPSA) is 148 Å². The molecule has 11 heteroatoms. The second-order valence-electron chi connectivity index (χ2n) is 8.25. The summed E-state index contributed by atoms with van der Waals surface area (Å²) >= 11 is 0. The molecule has 0 spiro atoms. The van der Waals surface area contributed by atoms with Crippen molar-refractivity contribution < 1.29 is 19.1 Å². The molecule has 2 aromatic carbocycles. The number of hydrogen-bond acceptors (Lipinski definition) is 7. The van der Waals surface area contributed by atoms with Gasteiger partial charge in [0.05, 0.1) is 30.8 Å². The van der Waals surface area contributed by atoms with Crippen LogP contribution in [0.25, 0.3) is 0 Å². The number of aromatic nitrogens is 2. The van der Waals surface area contributed by atoms with Gasteiger partial charge in [-0.25, -0.2) is 4.79 Å². The Balaban J connectivity index is 1.79. The minimum absolute atomic E-state index is 0.0340. The Labute approximate surface area is 205 Å². The number of imide groups is 1. The van der Waals surface area contributed by atoms with E-state index in [1.54, 1.807) is 42.5 Å². The third kappa shape index (κ3) is 4.31. The van der Waals surface area contributed by atoms with Crippen LogP contribution in [0.1, 0.15) is 33.2 Å². The number of nitrogens with two attached hydrogens (primary N) is 1. The third-order valence-corrected chi connectivity index (χ3v) is 6.02. The van der Waals surface area contributed by atoms with Crippen molar-refractivity contribution in [2.45, 2.75) is 26.1 Å². The molecule has 3 aromatic rings. The molecule has 0 fully saturated rings. The lowest BCUT2D eigenvalue weighted by Crippen LogP contribution is -2.51. The van der Waals surface area contributed by atoms with Gasteiger partial charge in [-0.05, 0) is 24.6 Å². The third-order valence-electron chi connectivity index (χ3n) is 6.02. The largest absolute Gasteiger partial charge is 0.383 e. The molecule has 0 aliphatic carbocycles. The van der Waals surface area contributed by atoms with Gasteiger partial charge in [-0.3, -0.25) is 38.5 Å². The fourth-order valence-corrected chi connectivity index (χ4v) is 4.17. The van der Waals surface area contributed by atoms with Crippen molar-refractivity contribution in [1.82, 2.24) is 14.5 Å². The summed E-state index contributed by atoms with van der Waals surface area (Å²) < 4.78 is 6.12. The van der Waals surface area contributed by atoms with Crippen LogP contribution in [0.2, 0.25) is 0 Å². The van der Waals surface area contributed by atoms with Gasteiger partial charge in [-0.2, -0.15) is 0 Å². The number of H-pyrrole nitrogens is 1. The fraction of sp³-hybridized carbons (Fsp3) is 0.240. The van der Waals surface area contributed by atoms with Crippen LogP contribution in [0.4, 0.5) is 11.5 Å². The number of anilines is 2. The Morgan fingerprint density at radius 3 is 2.17 bits per heavy atom. The van der Waals surface area contributed by atoms with Crippen LogP contribution in [0.15, 0.2) is 64.2 Å². The Bertz CT molecular complexity index is 1410. The minimum atomic E-state index is -1.26. The summed E-state index contributed by atoms with van der Waals surface area (Å²) in [6, 6.07) is 13.8. The Morgan fingerprint density at radius 1 is 1.00 bits per heavy atom. The number of nitrogens with one attached hydrogen (secondary N) is 1. The van der Waals surface area contributed by atoms with Gasteiger partial charge < -0.3 is 10.5 Å². The lowest BCUT2D eigenvalue weighted by atomic mass is 10.1. The molecule has 1 aliphatic rings. The Morgan fingerprint density at radius 2 is 1.58 bits per heavy atom. The highest BCUT2D eigenvalue weighted by Crippen LogP contribution is 2.27. The number of nitrogen functional groups attached to an aromatic ring is 1. The molecule has 1 aliphatic heterocycles. The molecule has 1 atom stereocenters. The van der Waals surface area contributed by atoms with Crippen LogP contribution < -0.4 is 21.9 Å². The molecule has 0 saturated carbocycles. The lowest BCUT2D eigenvalue weighted by Gasteiger charge is -2.30. The summed E-state index contributed by atoms with van der Waals surface area (Å²) in [4.78, 5) is 69.4. The number of methoxy groups -OCH3 is 1. The number of amides is 3. The zero-order valence-corrected chi connectivity index (χ0v) is 19.8. The molecule has 0 radical (unpaired) electrons. The number of hydrogen-bond donors (Lipinski definition) is 2. The quantitative estimate of drug-likeness (QED) is 0.446. The summed E-state index contributed by atoms with van der Waals surface area (Å²) in [5.74, 6) is -2.17. The summed E-state index contributed by atoms with van der Waals surface area (Å²) in [6.07, 6.45) is 0. The van der Waals surface area contributed by atoms with Gasteiger partial charge in [-0.15, -0.1) is 0 Å². The van der Waals surface area contributed by atoms with Gasteiger partial charge in [0, 0.05) is 7.11 Å². The van der Waals surface area contributed by atoms with Gasteiger partial charge in [0.1, 0.15) is 11.9 Å². The number of carbonyl (C=O) groups is 3. The van der Waals surface area contributed by atoms with E-state index in [4.69, 9.17) is 10.5 Å². The minimum Gasteiger partial charge on any atom is -0.383 e. The summed E-state index contributed by atoms with van der Waals surface area (Å²) in [5.41, 5.74) is 5.41. The molecule has 4 rings (SSSR count). The predicted octanol–water partition coefficient (Wildman–Crippen LogP) is 0.983. The van der Waals surface area contributed by atoms with E-state index in [0.717, 1.165) is 14.4 Å². The van der Waals surface area contributed by atoms with E-state index in [-0.39, 0.29) is 42.3 Å². The number of aromatic amines is 1. The van der Waals surface area contributed by atoms with E-state index in [1.807, 2.05) is 0 Å². The highest BCUT2D eigenvalue weighted by atomic mass is 16.5. The van der Waals surface area contributed by atoms with Crippen LogP contribution in [-0.2, 0) is 22.6 Å². The normalized spacial score (nSPS) is 13.6. The predicted molar refractivity (Wildman–Crippen MR) is 132 cm³/mol. The number of benzene rings is 2. The first-order chi connectivity index (χ1) is 17.3. The number of carbonyl (C=O) groups excluding carboxylic acids is 3. The maximum absolute atomic E-state index is 13.9. The molecule has 2 heterocycles. The first kappa shape index (κ1) is 24.6. The molecule has 3 N–H and O–H groups in total. The van der Waals surface area contributed by atoms with Crippen molar-refractivity contribution >= 4 is 29.2 Å². The molecular weight excluding hydrogens is 466 g/mol. The SMILES string of the molecule is COCCn1c(N)c(N(Cc2ccccc2)C(=O)C(C)N2C(=O)c3ccccc3C2=O)c(=O)[nH]c1=O. The van der Waals surface area contributed by atoms with Crippen molar-refractivity contribution in [2.75, 3.05) is 24.4 Å². The first-order valence-corrected chi connectivity index (χ1v) is 11.2. The second kappa shape index (κ2) is 10.0. The number of ether oxygens (including phenoxy) is 1. The zero-order chi connectivity index (χ0) is 26.0. The average molecular weight is 492 g/mol. The van der Waals surface area contributed by atoms with Crippen LogP contribution in [0.5, 0.6) is 0 Å². The Hall–Kier alpha value is -4.51. The van der Waals surface area contributed by atoms with Crippen LogP contribution in [0, 0.1) is 0 Å². The van der Waals surface area contributed by atoms with E-state index in [1.165, 1.54) is 26.2 Å². The smallest absolute Gasteiger partial charge is 0.330 e. The summed E-state index contributed by atoms with van der Waals surface area (Å²) in [6.45, 7) is 1.48. The van der Waals surface area contributed by atoms with Crippen molar-refractivity contribution in [3.63, 3.8) is 0 Å². The molecule has 1 unspecified atom stereocenters. The van der Waals surface area contributed by atoms with Crippen molar-refractivity contribution in [3.05, 3.63) is 92.1 Å². The lowest BCUT2D eigenvalue weighted by molar-refractivity contribution is -0.122. The standard InChI is InChI=1S/C25H25N5O6/c1-15(30-23(33)17-10-6-7-11-18(17)24(30)34)22(32)29(14-16-8-4-3-5-9-16)19-20(26)28(12-13-36-2)25(35)27-21(19)31/h3-11,15H,12-14,26H2,1-2H3,(H,27,31,35). The van der Waals surface area contributed by atoms with E-state index in [2.05, 4.69) is 4.98 Å². The molecule has 1 aromatic heterocycles. The van der Waals surface area contributed by atoms with E-state index in [0.29, 0.717) is 5.56 Å². The average Bonchev–Trinajstić information content (AvgIpc) is 3.12. The van der Waals surface area contributed by atoms with Crippen molar-refractivity contribution in [1.29, 1.82) is 0 Å². The van der Waals surface area contributed by atoms with Gasteiger partial charge in [0.2, 0.25) is 0 Å². The molecule has 3 amide bonds. The molecule has 186 valence electrons. The summed E-state index contributed by atoms with van der Waals surface area (Å²) in [7, 11) is 1.45. The van der Waals surface area contributed by atoms with E-state index < -0.39 is 35.0 Å². The van der Waals surface area contributed by atoms with Crippen molar-refractivity contribution in [2.24, 2.45) is 0 Å². The monoisotopic (exact) mass is 491 g/mol. The number of rotatable bonds is 8. The Kier molecular flexibility index (Phi) is 6.84. The fourth-order valence-electron chi connectivity index (χ4n) is 4.17. The van der Waals surface area contributed by atoms with E-state index in [9.17, 15) is 24.0 Å². The maximum Gasteiger partial charge on any atom is 0.330 e. The second-order valence-corrected chi connectivity index (χ2v) is 8.25. The van der Waals surface area contributed by atoms with Crippen molar-refractivity contribution in [3.8, 4) is 0 Å². The summed E-state index contributed by atoms with van der Waals surface area (Å²) in [5, 5.41) is 0. The molecular formula is C25H25N5O6. The molecule has 11 nitrogen and oxygen atoms in total. The highest BCUT2D eigenvalue weighted by molar-refractivity contribution is 6.23. The maximum atomic E-state index is 13.9. The number of nitrogens with zero attached hydrogens (tertiary/aromatic N) is 3. The van der Waals surface area contributed by atoms with Crippen LogP contribution in [0.3, 0.4) is 0 Å². The molecule has 0 saturated heterocycles. The molecule has 0 bridgehead atoms. The van der Waals surface area contributed by atoms with Crippen LogP contribution in [-0.4, -0.2) is 51.9 Å². The van der Waals surface area contributed by atoms with Gasteiger partial charge >= 0.3 is 5.69 Å². The highest BCUT2D eigenvalue weighted by Gasteiger charge is 2.42. The van der Waals surface area contributed by atoms with Gasteiger partial charge in [0.25, 0.3) is 23.3 Å². The first-order valence-electron chi connectivity index (χ1n) is 11.2. The van der Waals surface area contributed by atoms with E-state index >= 15 is 0 Å². The van der Waals surface area contributed by atoms with Gasteiger partial charge in [-0.1, -0.05) is 42.5 Å². The zero-order valence-electron chi connectivity index (χ0n) is 19.8. The molecule has 36 heavy (non-hydrogen) atoms. The number of fused-ring (bicyclic) bond motifs is 1. The van der Waals surface area contributed by atoms with Crippen LogP contribution >= 0.6 is 0 Å². The van der Waals surface area contributed by atoms with Gasteiger partial charge in [0.15, 0.2) is 5.69 Å².